The van der Waals surface area contributed by atoms with Crippen molar-refractivity contribution in [3.63, 3.8) is 0 Å². The number of imide groups is 2. The van der Waals surface area contributed by atoms with Gasteiger partial charge in [-0.2, -0.15) is 26.3 Å². The zero-order valence-electron chi connectivity index (χ0n) is 27.0. The first kappa shape index (κ1) is 35.5. The predicted molar refractivity (Wildman–Crippen MR) is 170 cm³/mol. The number of methoxy groups -OCH3 is 1. The molecule has 1 saturated carbocycles. The lowest BCUT2D eigenvalue weighted by Gasteiger charge is -2.49. The zero-order chi connectivity index (χ0) is 37.8. The van der Waals surface area contributed by atoms with Crippen molar-refractivity contribution in [2.24, 2.45) is 29.1 Å². The number of anilines is 2. The SMILES string of the molecule is COc1cc([C@H]2C3=CC[C@@H]4C(=O)N(c5cc(C(F)(F)F)cc(C(F)(F)F)c5)C(=O)[C@@H]4[C@@H]3C[C@H]3C(=O)N(c4ccc(F)c(Cl)c4)C(=O)[C@@]23C)ccc1O. The van der Waals surface area contributed by atoms with Crippen molar-refractivity contribution in [1.29, 1.82) is 0 Å². The predicted octanol–water partition coefficient (Wildman–Crippen LogP) is 7.67. The van der Waals surface area contributed by atoms with Crippen LogP contribution in [0.25, 0.3) is 0 Å². The van der Waals surface area contributed by atoms with Crippen molar-refractivity contribution < 1.29 is 59.8 Å². The molecule has 3 fully saturated rings. The molecule has 272 valence electrons. The second-order valence-corrected chi connectivity index (χ2v) is 13.9. The molecule has 0 radical (unpaired) electrons. The minimum Gasteiger partial charge on any atom is -0.504 e. The molecule has 3 aromatic carbocycles. The van der Waals surface area contributed by atoms with Crippen LogP contribution in [-0.2, 0) is 31.5 Å². The fraction of sp³-hybridized carbons (Fsp3) is 0.333. The van der Waals surface area contributed by atoms with E-state index in [1.54, 1.807) is 13.0 Å². The minimum atomic E-state index is -5.24. The molecule has 0 unspecified atom stereocenters. The van der Waals surface area contributed by atoms with Crippen molar-refractivity contribution >= 4 is 46.6 Å². The van der Waals surface area contributed by atoms with Gasteiger partial charge in [-0.25, -0.2) is 14.2 Å². The van der Waals surface area contributed by atoms with Crippen molar-refractivity contribution in [2.75, 3.05) is 16.9 Å². The van der Waals surface area contributed by atoms with E-state index in [0.29, 0.717) is 28.2 Å². The van der Waals surface area contributed by atoms with Gasteiger partial charge in [0.2, 0.25) is 23.6 Å². The van der Waals surface area contributed by atoms with Gasteiger partial charge in [0.15, 0.2) is 11.5 Å². The highest BCUT2D eigenvalue weighted by Gasteiger charge is 2.67. The lowest BCUT2D eigenvalue weighted by Crippen LogP contribution is -2.48. The Labute approximate surface area is 295 Å². The van der Waals surface area contributed by atoms with Crippen LogP contribution >= 0.6 is 11.6 Å². The summed E-state index contributed by atoms with van der Waals surface area (Å²) in [5, 5.41) is 10.0. The summed E-state index contributed by atoms with van der Waals surface area (Å²) < 4.78 is 102. The van der Waals surface area contributed by atoms with Gasteiger partial charge in [0.25, 0.3) is 0 Å². The van der Waals surface area contributed by atoms with E-state index >= 15 is 0 Å². The average molecular weight is 751 g/mol. The number of amides is 4. The molecule has 2 heterocycles. The van der Waals surface area contributed by atoms with Gasteiger partial charge in [0, 0.05) is 5.92 Å². The number of nitrogens with zero attached hydrogens (tertiary/aromatic N) is 2. The van der Waals surface area contributed by atoms with E-state index in [0.717, 1.165) is 17.0 Å². The van der Waals surface area contributed by atoms with E-state index < -0.39 is 93.6 Å². The quantitative estimate of drug-likeness (QED) is 0.167. The van der Waals surface area contributed by atoms with Gasteiger partial charge in [-0.3, -0.25) is 19.2 Å². The van der Waals surface area contributed by atoms with E-state index in [2.05, 4.69) is 0 Å². The number of fused-ring (bicyclic) bond motifs is 4. The van der Waals surface area contributed by atoms with Gasteiger partial charge in [0.1, 0.15) is 5.82 Å². The maximum atomic E-state index is 14.5. The summed E-state index contributed by atoms with van der Waals surface area (Å²) >= 11 is 6.00. The fourth-order valence-electron chi connectivity index (χ4n) is 8.46. The number of phenolic OH excluding ortho intramolecular Hbond substituents is 1. The second kappa shape index (κ2) is 11.8. The summed E-state index contributed by atoms with van der Waals surface area (Å²) in [5.41, 5.74) is -5.12. The Bertz CT molecular complexity index is 2080. The first-order valence-electron chi connectivity index (χ1n) is 15.9. The van der Waals surface area contributed by atoms with Crippen LogP contribution in [0.2, 0.25) is 5.02 Å². The van der Waals surface area contributed by atoms with Crippen LogP contribution in [0.5, 0.6) is 11.5 Å². The molecule has 0 aromatic heterocycles. The zero-order valence-corrected chi connectivity index (χ0v) is 27.7. The molecule has 7 rings (SSSR count). The van der Waals surface area contributed by atoms with Crippen LogP contribution in [0.1, 0.15) is 42.4 Å². The van der Waals surface area contributed by atoms with Crippen molar-refractivity contribution in [2.45, 2.75) is 38.0 Å². The minimum absolute atomic E-state index is 0.0105. The maximum Gasteiger partial charge on any atom is 0.416 e. The van der Waals surface area contributed by atoms with E-state index in [1.807, 2.05) is 0 Å². The summed E-state index contributed by atoms with van der Waals surface area (Å²) in [4.78, 5) is 58.0. The number of hydrogen-bond donors (Lipinski definition) is 1. The van der Waals surface area contributed by atoms with Crippen LogP contribution in [0, 0.1) is 34.9 Å². The number of alkyl halides is 6. The Kier molecular flexibility index (Phi) is 8.05. The Hall–Kier alpha value is -4.92. The van der Waals surface area contributed by atoms with Gasteiger partial charge >= 0.3 is 12.4 Å². The van der Waals surface area contributed by atoms with Gasteiger partial charge in [-0.05, 0) is 79.8 Å². The number of ether oxygens (including phenoxy) is 1. The van der Waals surface area contributed by atoms with Gasteiger partial charge in [-0.15, -0.1) is 0 Å². The molecular weight excluding hydrogens is 725 g/mol. The molecule has 0 spiro atoms. The molecular formula is C36H26ClF7N2O6. The Morgan fingerprint density at radius 2 is 1.48 bits per heavy atom. The number of hydrogen-bond acceptors (Lipinski definition) is 6. The maximum absolute atomic E-state index is 14.5. The third kappa shape index (κ3) is 5.18. The number of halogens is 8. The summed E-state index contributed by atoms with van der Waals surface area (Å²) in [6.45, 7) is 1.55. The van der Waals surface area contributed by atoms with Crippen LogP contribution in [0.15, 0.2) is 66.2 Å². The summed E-state index contributed by atoms with van der Waals surface area (Å²) in [6.07, 6.45) is -9.23. The second-order valence-electron chi connectivity index (χ2n) is 13.5. The Balaban J connectivity index is 1.37. The topological polar surface area (TPSA) is 104 Å². The van der Waals surface area contributed by atoms with Gasteiger partial charge in [0.05, 0.1) is 57.8 Å². The smallest absolute Gasteiger partial charge is 0.416 e. The number of aromatic hydroxyl groups is 1. The van der Waals surface area contributed by atoms with Gasteiger partial charge < -0.3 is 9.84 Å². The molecule has 16 heteroatoms. The van der Waals surface area contributed by atoms with Crippen LogP contribution in [-0.4, -0.2) is 35.8 Å². The molecule has 4 aliphatic rings. The van der Waals surface area contributed by atoms with Crippen LogP contribution in [0.3, 0.4) is 0 Å². The standard InChI is InChI=1S/C36H26ClF7N2O6/c1-34-23(31(49)46(33(34)51)18-4-7-25(38)24(37)13-18)14-22-20(29(34)15-3-8-26(47)27(9-15)52-2)5-6-21-28(22)32(50)45(30(21)48)19-11-16(35(39,40)41)10-17(12-19)36(42,43)44/h3-5,7-13,21-23,28-29,47H,6,14H2,1-2H3/t21-,22+,23-,28-,29-,34+/m0/s1. The molecule has 8 nitrogen and oxygen atoms in total. The number of allylic oxidation sites excluding steroid dienone is 2. The number of rotatable bonds is 4. The van der Waals surface area contributed by atoms with E-state index in [-0.39, 0.29) is 41.1 Å². The lowest BCUT2D eigenvalue weighted by molar-refractivity contribution is -0.143. The Morgan fingerprint density at radius 1 is 0.827 bits per heavy atom. The molecule has 2 aliphatic carbocycles. The Morgan fingerprint density at radius 3 is 2.08 bits per heavy atom. The van der Waals surface area contributed by atoms with E-state index in [4.69, 9.17) is 16.3 Å². The largest absolute Gasteiger partial charge is 0.504 e. The van der Waals surface area contributed by atoms with E-state index in [9.17, 15) is 55.0 Å². The highest BCUT2D eigenvalue weighted by Crippen LogP contribution is 2.64. The molecule has 1 N–H and O–H groups in total. The fourth-order valence-corrected chi connectivity index (χ4v) is 8.64. The molecule has 2 saturated heterocycles. The monoisotopic (exact) mass is 750 g/mol. The van der Waals surface area contributed by atoms with E-state index in [1.165, 1.54) is 31.4 Å². The van der Waals surface area contributed by atoms with Crippen molar-refractivity contribution in [3.05, 3.63) is 93.8 Å². The van der Waals surface area contributed by atoms with Crippen LogP contribution < -0.4 is 14.5 Å². The third-order valence-electron chi connectivity index (χ3n) is 10.8. The molecule has 2 aliphatic heterocycles. The molecule has 4 amide bonds. The third-order valence-corrected chi connectivity index (χ3v) is 11.1. The lowest BCUT2D eigenvalue weighted by atomic mass is 9.51. The highest BCUT2D eigenvalue weighted by atomic mass is 35.5. The highest BCUT2D eigenvalue weighted by molar-refractivity contribution is 6.32. The number of benzene rings is 3. The van der Waals surface area contributed by atoms with Crippen molar-refractivity contribution in [3.8, 4) is 11.5 Å². The van der Waals surface area contributed by atoms with Crippen molar-refractivity contribution in [1.82, 2.24) is 0 Å². The molecule has 0 bridgehead atoms. The normalized spacial score (nSPS) is 27.4. The summed E-state index contributed by atoms with van der Waals surface area (Å²) in [6, 6.07) is 8.03. The first-order valence-corrected chi connectivity index (χ1v) is 16.2. The number of carbonyl (C=O) groups excluding carboxylic acids is 4. The van der Waals surface area contributed by atoms with Crippen LogP contribution in [0.4, 0.5) is 42.1 Å². The average Bonchev–Trinajstić information content (AvgIpc) is 3.44. The molecule has 3 aromatic rings. The number of carbonyl (C=O) groups is 4. The molecule has 52 heavy (non-hydrogen) atoms. The summed E-state index contributed by atoms with van der Waals surface area (Å²) in [7, 11) is 1.29. The van der Waals surface area contributed by atoms with Gasteiger partial charge in [-0.1, -0.05) is 29.3 Å². The molecule has 6 atom stereocenters. The summed E-state index contributed by atoms with van der Waals surface area (Å²) in [5.74, 6) is -10.2. The number of phenols is 1. The first-order chi connectivity index (χ1) is 24.3.